The van der Waals surface area contributed by atoms with Crippen LogP contribution in [-0.2, 0) is 13.1 Å². The Balaban J connectivity index is 1.53. The van der Waals surface area contributed by atoms with E-state index in [0.29, 0.717) is 6.54 Å². The van der Waals surface area contributed by atoms with Gasteiger partial charge in [-0.05, 0) is 12.5 Å². The number of imidazole rings is 1. The second-order valence-electron chi connectivity index (χ2n) is 5.09. The molecule has 0 amide bonds. The summed E-state index contributed by atoms with van der Waals surface area (Å²) in [5.74, 6) is 0.775. The Morgan fingerprint density at radius 1 is 1.23 bits per heavy atom. The normalized spacial score (nSPS) is 11.8. The summed E-state index contributed by atoms with van der Waals surface area (Å²) in [6.45, 7) is 3.49. The molecule has 22 heavy (non-hydrogen) atoms. The number of aliphatic imine (C=N–C) groups is 1. The standard InChI is InChI=1S/C16H19N5S/c1-12-3-5-13(6-4-12)9-18-15(17-2)19-10-14-11-21-7-8-22-16(21)20-14/h3-8,11H,9-10H2,1-2H3,(H2,17,18,19). The van der Waals surface area contributed by atoms with Crippen molar-refractivity contribution < 1.29 is 0 Å². The minimum absolute atomic E-state index is 0.655. The molecule has 2 N–H and O–H groups in total. The van der Waals surface area contributed by atoms with Gasteiger partial charge in [0.2, 0.25) is 0 Å². The highest BCUT2D eigenvalue weighted by Gasteiger charge is 2.04. The van der Waals surface area contributed by atoms with Gasteiger partial charge in [0.05, 0.1) is 12.2 Å². The molecule has 0 saturated carbocycles. The smallest absolute Gasteiger partial charge is 0.193 e. The highest BCUT2D eigenvalue weighted by Crippen LogP contribution is 2.11. The van der Waals surface area contributed by atoms with E-state index in [4.69, 9.17) is 0 Å². The van der Waals surface area contributed by atoms with Crippen LogP contribution in [-0.4, -0.2) is 22.4 Å². The summed E-state index contributed by atoms with van der Waals surface area (Å²) in [5.41, 5.74) is 3.51. The van der Waals surface area contributed by atoms with E-state index in [2.05, 4.69) is 51.8 Å². The summed E-state index contributed by atoms with van der Waals surface area (Å²) in [5, 5.41) is 8.63. The average Bonchev–Trinajstić information content (AvgIpc) is 3.10. The molecule has 0 unspecified atom stereocenters. The number of nitrogens with zero attached hydrogens (tertiary/aromatic N) is 3. The van der Waals surface area contributed by atoms with E-state index in [-0.39, 0.29) is 0 Å². The monoisotopic (exact) mass is 313 g/mol. The van der Waals surface area contributed by atoms with E-state index in [1.807, 2.05) is 22.2 Å². The van der Waals surface area contributed by atoms with Gasteiger partial charge in [0, 0.05) is 31.4 Å². The molecule has 0 bridgehead atoms. The number of guanidine groups is 1. The van der Waals surface area contributed by atoms with Crippen LogP contribution in [0.3, 0.4) is 0 Å². The molecule has 0 aliphatic rings. The first-order valence-corrected chi connectivity index (χ1v) is 8.04. The van der Waals surface area contributed by atoms with E-state index >= 15 is 0 Å². The molecule has 0 atom stereocenters. The SMILES string of the molecule is CN=C(NCc1ccc(C)cc1)NCc1cn2ccsc2n1. The molecule has 0 spiro atoms. The summed E-state index contributed by atoms with van der Waals surface area (Å²) in [6.07, 6.45) is 4.05. The predicted molar refractivity (Wildman–Crippen MR) is 91.3 cm³/mol. The third kappa shape index (κ3) is 3.46. The Kier molecular flexibility index (Phi) is 4.39. The number of rotatable bonds is 4. The van der Waals surface area contributed by atoms with Crippen molar-refractivity contribution in [3.8, 4) is 0 Å². The third-order valence-electron chi connectivity index (χ3n) is 3.38. The summed E-state index contributed by atoms with van der Waals surface area (Å²) >= 11 is 1.64. The van der Waals surface area contributed by atoms with Crippen molar-refractivity contribution in [1.29, 1.82) is 0 Å². The van der Waals surface area contributed by atoms with Gasteiger partial charge in [-0.15, -0.1) is 11.3 Å². The zero-order chi connectivity index (χ0) is 15.4. The highest BCUT2D eigenvalue weighted by atomic mass is 32.1. The van der Waals surface area contributed by atoms with Gasteiger partial charge in [-0.3, -0.25) is 9.39 Å². The third-order valence-corrected chi connectivity index (χ3v) is 4.15. The number of benzene rings is 1. The van der Waals surface area contributed by atoms with E-state index in [9.17, 15) is 0 Å². The molecule has 1 aromatic carbocycles. The second-order valence-corrected chi connectivity index (χ2v) is 5.96. The topological polar surface area (TPSA) is 53.7 Å². The Labute approximate surface area is 133 Å². The van der Waals surface area contributed by atoms with Gasteiger partial charge < -0.3 is 10.6 Å². The van der Waals surface area contributed by atoms with E-state index in [1.165, 1.54) is 11.1 Å². The van der Waals surface area contributed by atoms with Crippen LogP contribution < -0.4 is 10.6 Å². The van der Waals surface area contributed by atoms with E-state index in [0.717, 1.165) is 23.2 Å². The molecule has 3 aromatic rings. The summed E-state index contributed by atoms with van der Waals surface area (Å²) in [7, 11) is 1.77. The number of aryl methyl sites for hydroxylation is 1. The van der Waals surface area contributed by atoms with Gasteiger partial charge in [0.1, 0.15) is 0 Å². The largest absolute Gasteiger partial charge is 0.352 e. The summed E-state index contributed by atoms with van der Waals surface area (Å²) in [6, 6.07) is 8.48. The zero-order valence-corrected chi connectivity index (χ0v) is 13.5. The van der Waals surface area contributed by atoms with Crippen LogP contribution >= 0.6 is 11.3 Å². The molecule has 6 heteroatoms. The lowest BCUT2D eigenvalue weighted by atomic mass is 10.1. The van der Waals surface area contributed by atoms with Gasteiger partial charge in [0.25, 0.3) is 0 Å². The Morgan fingerprint density at radius 3 is 2.73 bits per heavy atom. The fraction of sp³-hybridized carbons (Fsp3) is 0.250. The van der Waals surface area contributed by atoms with Crippen LogP contribution in [0.25, 0.3) is 4.96 Å². The van der Waals surface area contributed by atoms with Gasteiger partial charge in [-0.1, -0.05) is 29.8 Å². The molecule has 2 heterocycles. The maximum Gasteiger partial charge on any atom is 0.193 e. The fourth-order valence-corrected chi connectivity index (χ4v) is 2.87. The second kappa shape index (κ2) is 6.62. The number of hydrogen-bond donors (Lipinski definition) is 2. The maximum absolute atomic E-state index is 4.54. The minimum atomic E-state index is 0.655. The first-order chi connectivity index (χ1) is 10.7. The molecular weight excluding hydrogens is 294 g/mol. The molecule has 0 saturated heterocycles. The van der Waals surface area contributed by atoms with E-state index in [1.54, 1.807) is 18.4 Å². The van der Waals surface area contributed by atoms with Gasteiger partial charge >= 0.3 is 0 Å². The maximum atomic E-state index is 4.54. The van der Waals surface area contributed by atoms with Crippen molar-refractivity contribution in [2.45, 2.75) is 20.0 Å². The van der Waals surface area contributed by atoms with Gasteiger partial charge in [-0.2, -0.15) is 0 Å². The zero-order valence-electron chi connectivity index (χ0n) is 12.7. The average molecular weight is 313 g/mol. The lowest BCUT2D eigenvalue weighted by Gasteiger charge is -2.11. The summed E-state index contributed by atoms with van der Waals surface area (Å²) in [4.78, 5) is 9.80. The molecule has 2 aromatic heterocycles. The van der Waals surface area contributed by atoms with Gasteiger partial charge in [-0.25, -0.2) is 4.98 Å². The van der Waals surface area contributed by atoms with Crippen LogP contribution in [0.2, 0.25) is 0 Å². The van der Waals surface area contributed by atoms with Crippen molar-refractivity contribution in [3.63, 3.8) is 0 Å². The van der Waals surface area contributed by atoms with Crippen LogP contribution in [0, 0.1) is 6.92 Å². The first-order valence-electron chi connectivity index (χ1n) is 7.16. The lowest BCUT2D eigenvalue weighted by Crippen LogP contribution is -2.36. The van der Waals surface area contributed by atoms with E-state index < -0.39 is 0 Å². The molecule has 0 aliphatic heterocycles. The quantitative estimate of drug-likeness (QED) is 0.575. The highest BCUT2D eigenvalue weighted by molar-refractivity contribution is 7.15. The van der Waals surface area contributed by atoms with Crippen molar-refractivity contribution >= 4 is 22.3 Å². The van der Waals surface area contributed by atoms with Crippen molar-refractivity contribution in [2.24, 2.45) is 4.99 Å². The van der Waals surface area contributed by atoms with Crippen LogP contribution in [0.5, 0.6) is 0 Å². The Morgan fingerprint density at radius 2 is 2.00 bits per heavy atom. The number of fused-ring (bicyclic) bond motifs is 1. The van der Waals surface area contributed by atoms with Crippen molar-refractivity contribution in [3.05, 3.63) is 58.9 Å². The molecule has 114 valence electrons. The number of thiazole rings is 1. The minimum Gasteiger partial charge on any atom is -0.352 e. The number of nitrogens with one attached hydrogen (secondary N) is 2. The molecular formula is C16H19N5S. The van der Waals surface area contributed by atoms with Crippen LogP contribution in [0.4, 0.5) is 0 Å². The molecule has 3 rings (SSSR count). The predicted octanol–water partition coefficient (Wildman–Crippen LogP) is 2.57. The molecule has 0 aliphatic carbocycles. The molecule has 0 fully saturated rings. The number of hydrogen-bond acceptors (Lipinski definition) is 3. The first kappa shape index (κ1) is 14.6. The lowest BCUT2D eigenvalue weighted by molar-refractivity contribution is 0.798. The van der Waals surface area contributed by atoms with Crippen molar-refractivity contribution in [1.82, 2.24) is 20.0 Å². The Bertz CT molecular complexity index is 741. The Hall–Kier alpha value is -2.34. The fourth-order valence-electron chi connectivity index (χ4n) is 2.15. The molecule has 5 nitrogen and oxygen atoms in total. The number of aromatic nitrogens is 2. The summed E-state index contributed by atoms with van der Waals surface area (Å²) < 4.78 is 2.03. The van der Waals surface area contributed by atoms with Crippen LogP contribution in [0.15, 0.2) is 47.0 Å². The van der Waals surface area contributed by atoms with Crippen LogP contribution in [0.1, 0.15) is 16.8 Å². The van der Waals surface area contributed by atoms with Crippen molar-refractivity contribution in [2.75, 3.05) is 7.05 Å². The van der Waals surface area contributed by atoms with Gasteiger partial charge in [0.15, 0.2) is 10.9 Å². The molecule has 0 radical (unpaired) electrons.